The van der Waals surface area contributed by atoms with Crippen molar-refractivity contribution in [3.63, 3.8) is 0 Å². The molecule has 1 saturated heterocycles. The summed E-state index contributed by atoms with van der Waals surface area (Å²) in [5.74, 6) is 0.0201. The Hall–Kier alpha value is -3.12. The van der Waals surface area contributed by atoms with E-state index >= 15 is 0 Å². The van der Waals surface area contributed by atoms with Crippen LogP contribution in [0.4, 0.5) is 5.69 Å². The van der Waals surface area contributed by atoms with E-state index < -0.39 is 0 Å². The van der Waals surface area contributed by atoms with Gasteiger partial charge < -0.3 is 14.8 Å². The zero-order chi connectivity index (χ0) is 19.5. The van der Waals surface area contributed by atoms with Crippen LogP contribution in [0.1, 0.15) is 10.5 Å². The van der Waals surface area contributed by atoms with Gasteiger partial charge in [0, 0.05) is 49.8 Å². The number of benzene rings is 2. The number of carbonyl (C=O) groups excluding carboxylic acids is 2. The van der Waals surface area contributed by atoms with Crippen LogP contribution in [0.25, 0.3) is 10.9 Å². The summed E-state index contributed by atoms with van der Waals surface area (Å²) in [6.45, 7) is 2.97. The maximum absolute atomic E-state index is 13.0. The minimum Gasteiger partial charge on any atom is -0.340 e. The van der Waals surface area contributed by atoms with Crippen LogP contribution in [-0.4, -0.2) is 58.9 Å². The van der Waals surface area contributed by atoms with E-state index in [9.17, 15) is 9.59 Å². The second kappa shape index (κ2) is 7.86. The third kappa shape index (κ3) is 3.77. The maximum atomic E-state index is 13.0. The summed E-state index contributed by atoms with van der Waals surface area (Å²) in [5, 5.41) is 3.98. The number of nitrogens with one attached hydrogen (secondary N) is 1. The zero-order valence-corrected chi connectivity index (χ0v) is 16.0. The van der Waals surface area contributed by atoms with Crippen molar-refractivity contribution in [1.82, 2.24) is 14.4 Å². The molecular weight excluding hydrogens is 352 g/mol. The fraction of sp³-hybridized carbons (Fsp3) is 0.273. The predicted octanol–water partition coefficient (Wildman–Crippen LogP) is 2.57. The van der Waals surface area contributed by atoms with Crippen LogP contribution < -0.4 is 5.32 Å². The van der Waals surface area contributed by atoms with Gasteiger partial charge in [-0.15, -0.1) is 0 Å². The number of piperazine rings is 1. The molecule has 0 aliphatic carbocycles. The van der Waals surface area contributed by atoms with E-state index in [0.717, 1.165) is 16.6 Å². The molecular formula is C22H24N4O2. The molecule has 144 valence electrons. The highest BCUT2D eigenvalue weighted by Crippen LogP contribution is 2.20. The number of nitrogens with zero attached hydrogens (tertiary/aromatic N) is 3. The number of aryl methyl sites for hydroxylation is 1. The molecule has 1 aliphatic rings. The van der Waals surface area contributed by atoms with Crippen molar-refractivity contribution in [1.29, 1.82) is 0 Å². The first-order valence-electron chi connectivity index (χ1n) is 9.53. The van der Waals surface area contributed by atoms with E-state index in [4.69, 9.17) is 0 Å². The van der Waals surface area contributed by atoms with Gasteiger partial charge in [-0.25, -0.2) is 0 Å². The first-order chi connectivity index (χ1) is 13.6. The molecule has 6 heteroatoms. The standard InChI is InChI=1S/C22H24N4O2/c1-24-19-10-6-5-7-17(19)15-20(24)22(28)26-13-11-25(12-14-26)16-21(27)23-18-8-3-2-4-9-18/h2-10,15H,11-14,16H2,1H3,(H,23,27). The molecule has 0 saturated carbocycles. The monoisotopic (exact) mass is 376 g/mol. The highest BCUT2D eigenvalue weighted by molar-refractivity contribution is 5.98. The molecule has 2 aromatic carbocycles. The number of anilines is 1. The molecule has 4 rings (SSSR count). The van der Waals surface area contributed by atoms with Crippen LogP contribution in [0.5, 0.6) is 0 Å². The number of carbonyl (C=O) groups is 2. The van der Waals surface area contributed by atoms with Crippen molar-refractivity contribution in [3.8, 4) is 0 Å². The Labute approximate surface area is 164 Å². The molecule has 0 atom stereocenters. The molecule has 28 heavy (non-hydrogen) atoms. The minimum absolute atomic E-state index is 0.0281. The van der Waals surface area contributed by atoms with Crippen molar-refractivity contribution in [2.45, 2.75) is 0 Å². The molecule has 6 nitrogen and oxygen atoms in total. The average molecular weight is 376 g/mol. The molecule has 0 spiro atoms. The number of hydrogen-bond acceptors (Lipinski definition) is 3. The molecule has 2 heterocycles. The average Bonchev–Trinajstić information content (AvgIpc) is 3.05. The normalized spacial score (nSPS) is 15.0. The van der Waals surface area contributed by atoms with Crippen molar-refractivity contribution < 1.29 is 9.59 Å². The molecule has 2 amide bonds. The fourth-order valence-electron chi connectivity index (χ4n) is 3.69. The topological polar surface area (TPSA) is 57.6 Å². The van der Waals surface area contributed by atoms with E-state index in [1.165, 1.54) is 0 Å². The second-order valence-corrected chi connectivity index (χ2v) is 7.13. The van der Waals surface area contributed by atoms with Crippen LogP contribution in [0.3, 0.4) is 0 Å². The Morgan fingerprint density at radius 2 is 1.61 bits per heavy atom. The lowest BCUT2D eigenvalue weighted by molar-refractivity contribution is -0.117. The molecule has 0 unspecified atom stereocenters. The van der Waals surface area contributed by atoms with Crippen molar-refractivity contribution in [2.75, 3.05) is 38.0 Å². The number of para-hydroxylation sites is 2. The lowest BCUT2D eigenvalue weighted by atomic mass is 10.2. The van der Waals surface area contributed by atoms with Crippen LogP contribution in [0, 0.1) is 0 Å². The Kier molecular flexibility index (Phi) is 5.12. The van der Waals surface area contributed by atoms with Gasteiger partial charge in [0.2, 0.25) is 5.91 Å². The SMILES string of the molecule is Cn1c(C(=O)N2CCN(CC(=O)Nc3ccccc3)CC2)cc2ccccc21. The van der Waals surface area contributed by atoms with Gasteiger partial charge in [0.05, 0.1) is 6.54 Å². The van der Waals surface area contributed by atoms with Gasteiger partial charge in [0.15, 0.2) is 0 Å². The predicted molar refractivity (Wildman–Crippen MR) is 110 cm³/mol. The third-order valence-electron chi connectivity index (χ3n) is 5.26. The van der Waals surface area contributed by atoms with Crippen LogP contribution in [-0.2, 0) is 11.8 Å². The van der Waals surface area contributed by atoms with Gasteiger partial charge >= 0.3 is 0 Å². The largest absolute Gasteiger partial charge is 0.340 e. The maximum Gasteiger partial charge on any atom is 0.270 e. The van der Waals surface area contributed by atoms with Crippen LogP contribution in [0.2, 0.25) is 0 Å². The third-order valence-corrected chi connectivity index (χ3v) is 5.26. The fourth-order valence-corrected chi connectivity index (χ4v) is 3.69. The molecule has 3 aromatic rings. The van der Waals surface area contributed by atoms with Gasteiger partial charge in [-0.2, -0.15) is 0 Å². The number of aromatic nitrogens is 1. The molecule has 1 N–H and O–H groups in total. The number of rotatable bonds is 4. The summed E-state index contributed by atoms with van der Waals surface area (Å²) in [5.41, 5.74) is 2.57. The lowest BCUT2D eigenvalue weighted by Gasteiger charge is -2.34. The molecule has 0 radical (unpaired) electrons. The summed E-state index contributed by atoms with van der Waals surface area (Å²) < 4.78 is 1.96. The van der Waals surface area contributed by atoms with Gasteiger partial charge in [0.25, 0.3) is 5.91 Å². The quantitative estimate of drug-likeness (QED) is 0.761. The Balaban J connectivity index is 1.34. The van der Waals surface area contributed by atoms with Crippen molar-refractivity contribution >= 4 is 28.4 Å². The Morgan fingerprint density at radius 1 is 0.929 bits per heavy atom. The van der Waals surface area contributed by atoms with E-state index in [2.05, 4.69) is 10.2 Å². The highest BCUT2D eigenvalue weighted by atomic mass is 16.2. The Morgan fingerprint density at radius 3 is 2.32 bits per heavy atom. The van der Waals surface area contributed by atoms with E-state index in [1.54, 1.807) is 0 Å². The Bertz CT molecular complexity index is 988. The lowest BCUT2D eigenvalue weighted by Crippen LogP contribution is -2.50. The van der Waals surface area contributed by atoms with Crippen LogP contribution in [0.15, 0.2) is 60.7 Å². The van der Waals surface area contributed by atoms with Gasteiger partial charge in [-0.3, -0.25) is 14.5 Å². The highest BCUT2D eigenvalue weighted by Gasteiger charge is 2.25. The summed E-state index contributed by atoms with van der Waals surface area (Å²) in [7, 11) is 1.93. The van der Waals surface area contributed by atoms with Gasteiger partial charge in [-0.05, 0) is 24.3 Å². The smallest absolute Gasteiger partial charge is 0.270 e. The van der Waals surface area contributed by atoms with E-state index in [0.29, 0.717) is 38.4 Å². The molecule has 0 bridgehead atoms. The first kappa shape index (κ1) is 18.3. The number of fused-ring (bicyclic) bond motifs is 1. The van der Waals surface area contributed by atoms with Crippen LogP contribution >= 0.6 is 0 Å². The summed E-state index contributed by atoms with van der Waals surface area (Å²) >= 11 is 0. The minimum atomic E-state index is -0.0281. The van der Waals surface area contributed by atoms with Gasteiger partial charge in [0.1, 0.15) is 5.69 Å². The summed E-state index contributed by atoms with van der Waals surface area (Å²) in [6.07, 6.45) is 0. The molecule has 1 aromatic heterocycles. The van der Waals surface area contributed by atoms with Crippen molar-refractivity contribution in [3.05, 3.63) is 66.4 Å². The summed E-state index contributed by atoms with van der Waals surface area (Å²) in [6, 6.07) is 19.4. The zero-order valence-electron chi connectivity index (χ0n) is 16.0. The van der Waals surface area contributed by atoms with E-state index in [1.807, 2.05) is 77.2 Å². The number of hydrogen-bond donors (Lipinski definition) is 1. The molecule has 1 fully saturated rings. The summed E-state index contributed by atoms with van der Waals surface area (Å²) in [4.78, 5) is 29.2. The second-order valence-electron chi connectivity index (χ2n) is 7.13. The first-order valence-corrected chi connectivity index (χ1v) is 9.53. The number of amides is 2. The molecule has 1 aliphatic heterocycles. The van der Waals surface area contributed by atoms with E-state index in [-0.39, 0.29) is 11.8 Å². The van der Waals surface area contributed by atoms with Crippen molar-refractivity contribution in [2.24, 2.45) is 7.05 Å². The van der Waals surface area contributed by atoms with Gasteiger partial charge in [-0.1, -0.05) is 36.4 Å².